The number of ketones is 1. The maximum absolute atomic E-state index is 11.3. The van der Waals surface area contributed by atoms with Crippen molar-refractivity contribution >= 4 is 11.5 Å². The number of hydrogen-bond donors (Lipinski definition) is 1. The Kier molecular flexibility index (Phi) is 3.79. The molecule has 1 aliphatic heterocycles. The van der Waals surface area contributed by atoms with Crippen LogP contribution in [0.2, 0.25) is 0 Å². The lowest BCUT2D eigenvalue weighted by atomic mass is 10.1. The fraction of sp³-hybridized carbons (Fsp3) is 0.500. The van der Waals surface area contributed by atoms with E-state index in [0.29, 0.717) is 0 Å². The van der Waals surface area contributed by atoms with Gasteiger partial charge in [0.15, 0.2) is 5.78 Å². The normalized spacial score (nSPS) is 19.3. The molecule has 1 atom stereocenters. The third-order valence-corrected chi connectivity index (χ3v) is 3.39. The van der Waals surface area contributed by atoms with Gasteiger partial charge < -0.3 is 10.2 Å². The Morgan fingerprint density at radius 1 is 1.53 bits per heavy atom. The number of rotatable bonds is 4. The summed E-state index contributed by atoms with van der Waals surface area (Å²) in [6.45, 7) is 4.90. The van der Waals surface area contributed by atoms with Crippen LogP contribution in [0.25, 0.3) is 0 Å². The lowest BCUT2D eigenvalue weighted by Crippen LogP contribution is -2.26. The molecule has 1 N–H and O–H groups in total. The lowest BCUT2D eigenvalue weighted by molar-refractivity contribution is 0.101. The summed E-state index contributed by atoms with van der Waals surface area (Å²) in [6.07, 6.45) is 1.25. The second-order valence-corrected chi connectivity index (χ2v) is 4.85. The SMILES string of the molecule is CC(=O)c1cccc(N(C)CC2CCNC2)c1. The van der Waals surface area contributed by atoms with Crippen LogP contribution in [-0.4, -0.2) is 32.5 Å². The van der Waals surface area contributed by atoms with Crippen LogP contribution in [0.5, 0.6) is 0 Å². The molecule has 0 radical (unpaired) electrons. The zero-order chi connectivity index (χ0) is 12.3. The van der Waals surface area contributed by atoms with Crippen molar-refractivity contribution in [2.45, 2.75) is 13.3 Å². The number of anilines is 1. The molecule has 1 aliphatic rings. The van der Waals surface area contributed by atoms with Crippen LogP contribution < -0.4 is 10.2 Å². The van der Waals surface area contributed by atoms with Gasteiger partial charge in [0.05, 0.1) is 0 Å². The van der Waals surface area contributed by atoms with Gasteiger partial charge in [-0.15, -0.1) is 0 Å². The standard InChI is InChI=1S/C14H20N2O/c1-11(17)13-4-3-5-14(8-13)16(2)10-12-6-7-15-9-12/h3-5,8,12,15H,6-7,9-10H2,1-2H3. The average molecular weight is 232 g/mol. The molecule has 1 fully saturated rings. The number of hydrogen-bond acceptors (Lipinski definition) is 3. The van der Waals surface area contributed by atoms with Gasteiger partial charge in [-0.1, -0.05) is 12.1 Å². The van der Waals surface area contributed by atoms with Crippen molar-refractivity contribution in [2.75, 3.05) is 31.6 Å². The maximum atomic E-state index is 11.3. The summed E-state index contributed by atoms with van der Waals surface area (Å²) in [5.74, 6) is 0.851. The van der Waals surface area contributed by atoms with Crippen LogP contribution in [0.15, 0.2) is 24.3 Å². The van der Waals surface area contributed by atoms with E-state index in [0.717, 1.165) is 36.8 Å². The van der Waals surface area contributed by atoms with Crippen LogP contribution >= 0.6 is 0 Å². The van der Waals surface area contributed by atoms with Crippen molar-refractivity contribution in [1.29, 1.82) is 0 Å². The van der Waals surface area contributed by atoms with E-state index in [4.69, 9.17) is 0 Å². The van der Waals surface area contributed by atoms with Crippen LogP contribution in [-0.2, 0) is 0 Å². The number of benzene rings is 1. The number of Topliss-reactive ketones (excluding diaryl/α,β-unsaturated/α-hetero) is 1. The molecular formula is C14H20N2O. The molecule has 1 aromatic carbocycles. The van der Waals surface area contributed by atoms with Gasteiger partial charge >= 0.3 is 0 Å². The van der Waals surface area contributed by atoms with Gasteiger partial charge in [-0.25, -0.2) is 0 Å². The van der Waals surface area contributed by atoms with Gasteiger partial charge in [-0.2, -0.15) is 0 Å². The minimum absolute atomic E-state index is 0.128. The van der Waals surface area contributed by atoms with Crippen LogP contribution in [0, 0.1) is 5.92 Å². The average Bonchev–Trinajstić information content (AvgIpc) is 2.82. The molecule has 3 nitrogen and oxygen atoms in total. The number of nitrogens with one attached hydrogen (secondary N) is 1. The van der Waals surface area contributed by atoms with E-state index in [1.807, 2.05) is 18.2 Å². The van der Waals surface area contributed by atoms with E-state index in [9.17, 15) is 4.79 Å². The summed E-state index contributed by atoms with van der Waals surface area (Å²) < 4.78 is 0. The quantitative estimate of drug-likeness (QED) is 0.805. The topological polar surface area (TPSA) is 32.3 Å². The molecule has 3 heteroatoms. The minimum Gasteiger partial charge on any atom is -0.374 e. The minimum atomic E-state index is 0.128. The van der Waals surface area contributed by atoms with E-state index >= 15 is 0 Å². The molecule has 17 heavy (non-hydrogen) atoms. The first kappa shape index (κ1) is 12.1. The Labute approximate surface area is 103 Å². The molecule has 1 heterocycles. The van der Waals surface area contributed by atoms with Crippen molar-refractivity contribution in [3.8, 4) is 0 Å². The number of carbonyl (C=O) groups is 1. The van der Waals surface area contributed by atoms with Crippen molar-refractivity contribution in [3.63, 3.8) is 0 Å². The van der Waals surface area contributed by atoms with E-state index in [2.05, 4.69) is 23.3 Å². The van der Waals surface area contributed by atoms with Crippen LogP contribution in [0.4, 0.5) is 5.69 Å². The van der Waals surface area contributed by atoms with E-state index in [-0.39, 0.29) is 5.78 Å². The number of nitrogens with zero attached hydrogens (tertiary/aromatic N) is 1. The van der Waals surface area contributed by atoms with Crippen molar-refractivity contribution in [1.82, 2.24) is 5.32 Å². The molecule has 0 spiro atoms. The Bertz CT molecular complexity index is 397. The highest BCUT2D eigenvalue weighted by Crippen LogP contribution is 2.18. The van der Waals surface area contributed by atoms with Crippen molar-refractivity contribution < 1.29 is 4.79 Å². The Morgan fingerprint density at radius 2 is 2.35 bits per heavy atom. The Hall–Kier alpha value is -1.35. The fourth-order valence-corrected chi connectivity index (χ4v) is 2.33. The van der Waals surface area contributed by atoms with Gasteiger partial charge in [0, 0.05) is 24.8 Å². The molecule has 0 amide bonds. The summed E-state index contributed by atoms with van der Waals surface area (Å²) in [5, 5.41) is 3.38. The third kappa shape index (κ3) is 3.07. The van der Waals surface area contributed by atoms with E-state index < -0.39 is 0 Å². The van der Waals surface area contributed by atoms with Crippen molar-refractivity contribution in [3.05, 3.63) is 29.8 Å². The predicted octanol–water partition coefficient (Wildman–Crippen LogP) is 1.93. The fourth-order valence-electron chi connectivity index (χ4n) is 2.33. The molecule has 92 valence electrons. The lowest BCUT2D eigenvalue weighted by Gasteiger charge is -2.23. The molecule has 1 unspecified atom stereocenters. The first-order chi connectivity index (χ1) is 8.16. The second-order valence-electron chi connectivity index (χ2n) is 4.85. The van der Waals surface area contributed by atoms with Gasteiger partial charge in [0.25, 0.3) is 0 Å². The van der Waals surface area contributed by atoms with Gasteiger partial charge in [0.1, 0.15) is 0 Å². The molecule has 0 saturated carbocycles. The smallest absolute Gasteiger partial charge is 0.159 e. The summed E-state index contributed by atoms with van der Waals surface area (Å²) in [4.78, 5) is 13.6. The molecule has 0 bridgehead atoms. The first-order valence-corrected chi connectivity index (χ1v) is 6.19. The summed E-state index contributed by atoms with van der Waals surface area (Å²) in [7, 11) is 2.09. The summed E-state index contributed by atoms with van der Waals surface area (Å²) >= 11 is 0. The zero-order valence-corrected chi connectivity index (χ0v) is 10.6. The second kappa shape index (κ2) is 5.32. The summed E-state index contributed by atoms with van der Waals surface area (Å²) in [6, 6.07) is 7.87. The van der Waals surface area contributed by atoms with Gasteiger partial charge in [0.2, 0.25) is 0 Å². The molecule has 0 aromatic heterocycles. The number of carbonyl (C=O) groups excluding carboxylic acids is 1. The molecular weight excluding hydrogens is 212 g/mol. The molecule has 1 saturated heterocycles. The van der Waals surface area contributed by atoms with E-state index in [1.165, 1.54) is 6.42 Å². The Balaban J connectivity index is 2.04. The third-order valence-electron chi connectivity index (χ3n) is 3.39. The maximum Gasteiger partial charge on any atom is 0.159 e. The van der Waals surface area contributed by atoms with Crippen molar-refractivity contribution in [2.24, 2.45) is 5.92 Å². The van der Waals surface area contributed by atoms with Crippen LogP contribution in [0.3, 0.4) is 0 Å². The first-order valence-electron chi connectivity index (χ1n) is 6.19. The monoisotopic (exact) mass is 232 g/mol. The predicted molar refractivity (Wildman–Crippen MR) is 70.7 cm³/mol. The highest BCUT2D eigenvalue weighted by atomic mass is 16.1. The zero-order valence-electron chi connectivity index (χ0n) is 10.6. The largest absolute Gasteiger partial charge is 0.374 e. The Morgan fingerprint density at radius 3 is 3.00 bits per heavy atom. The molecule has 0 aliphatic carbocycles. The van der Waals surface area contributed by atoms with Gasteiger partial charge in [-0.3, -0.25) is 4.79 Å². The highest BCUT2D eigenvalue weighted by molar-refractivity contribution is 5.94. The molecule has 2 rings (SSSR count). The van der Waals surface area contributed by atoms with Gasteiger partial charge in [-0.05, 0) is 44.5 Å². The summed E-state index contributed by atoms with van der Waals surface area (Å²) in [5.41, 5.74) is 1.92. The molecule has 1 aromatic rings. The highest BCUT2D eigenvalue weighted by Gasteiger charge is 2.16. The van der Waals surface area contributed by atoms with E-state index in [1.54, 1.807) is 6.92 Å². The van der Waals surface area contributed by atoms with Crippen LogP contribution in [0.1, 0.15) is 23.7 Å².